The Morgan fingerprint density at radius 1 is 0.467 bits per heavy atom. The van der Waals surface area contributed by atoms with Gasteiger partial charge in [-0.25, -0.2) is 4.79 Å². The molecule has 0 N–H and O–H groups in total. The summed E-state index contributed by atoms with van der Waals surface area (Å²) in [7, 11) is 0. The van der Waals surface area contributed by atoms with Crippen molar-refractivity contribution < 1.29 is 14.3 Å². The minimum atomic E-state index is -0.417. The first-order valence-electron chi connectivity index (χ1n) is 13.5. The molecule has 2 unspecified atom stereocenters. The summed E-state index contributed by atoms with van der Waals surface area (Å²) in [5, 5.41) is 0. The Balaban J connectivity index is 4.45. The zero-order valence-corrected chi connectivity index (χ0v) is 21.0. The van der Waals surface area contributed by atoms with Crippen molar-refractivity contribution in [2.75, 3.05) is 0 Å². The molecule has 0 aromatic carbocycles. The molecule has 30 heavy (non-hydrogen) atoms. The average molecular weight is 427 g/mol. The minimum Gasteiger partial charge on any atom is -0.431 e. The molecule has 3 heteroatoms. The van der Waals surface area contributed by atoms with E-state index in [-0.39, 0.29) is 12.2 Å². The maximum Gasteiger partial charge on any atom is 0.508 e. The smallest absolute Gasteiger partial charge is 0.431 e. The maximum absolute atomic E-state index is 12.6. The number of unbranched alkanes of at least 4 members (excludes halogenated alkanes) is 12. The SMILES string of the molecule is CCCCCCCC(CCCCC)OC(=O)OC(CCCCC)CCCCCCC. The molecule has 0 aromatic rings. The van der Waals surface area contributed by atoms with E-state index in [9.17, 15) is 4.79 Å². The quantitative estimate of drug-likeness (QED) is 0.128. The Morgan fingerprint density at radius 3 is 1.07 bits per heavy atom. The standard InChI is InChI=1S/C27H54O3/c1-5-9-13-15-19-23-25(21-17-11-7-3)29-27(28)30-26(22-18-12-8-4)24-20-16-14-10-6-2/h25-26H,5-24H2,1-4H3. The first-order valence-corrected chi connectivity index (χ1v) is 13.5. The molecular weight excluding hydrogens is 372 g/mol. The van der Waals surface area contributed by atoms with E-state index in [4.69, 9.17) is 9.47 Å². The average Bonchev–Trinajstić information content (AvgIpc) is 2.73. The van der Waals surface area contributed by atoms with Crippen LogP contribution >= 0.6 is 0 Å². The van der Waals surface area contributed by atoms with Gasteiger partial charge in [-0.1, -0.05) is 105 Å². The summed E-state index contributed by atoms with van der Waals surface area (Å²) in [4.78, 5) is 12.6. The van der Waals surface area contributed by atoms with Crippen LogP contribution in [0.25, 0.3) is 0 Å². The third-order valence-electron chi connectivity index (χ3n) is 6.04. The van der Waals surface area contributed by atoms with Gasteiger partial charge >= 0.3 is 6.16 Å². The fourth-order valence-electron chi connectivity index (χ4n) is 4.02. The van der Waals surface area contributed by atoms with E-state index in [0.29, 0.717) is 0 Å². The zero-order chi connectivity index (χ0) is 22.3. The summed E-state index contributed by atoms with van der Waals surface area (Å²) >= 11 is 0. The lowest BCUT2D eigenvalue weighted by molar-refractivity contribution is -0.0121. The number of hydrogen-bond donors (Lipinski definition) is 0. The van der Waals surface area contributed by atoms with E-state index < -0.39 is 6.16 Å². The third kappa shape index (κ3) is 19.2. The number of carbonyl (C=O) groups excluding carboxylic acids is 1. The Hall–Kier alpha value is -0.730. The van der Waals surface area contributed by atoms with Crippen LogP contribution in [0.1, 0.15) is 156 Å². The van der Waals surface area contributed by atoms with Gasteiger partial charge in [0.2, 0.25) is 0 Å². The molecule has 0 aliphatic heterocycles. The normalized spacial score (nSPS) is 13.2. The van der Waals surface area contributed by atoms with Crippen LogP contribution in [0.5, 0.6) is 0 Å². The summed E-state index contributed by atoms with van der Waals surface area (Å²) in [6.07, 6.45) is 23.2. The molecular formula is C27H54O3. The van der Waals surface area contributed by atoms with Crippen molar-refractivity contribution in [3.05, 3.63) is 0 Å². The highest BCUT2D eigenvalue weighted by Crippen LogP contribution is 2.19. The number of carbonyl (C=O) groups is 1. The van der Waals surface area contributed by atoms with Crippen LogP contribution in [0.3, 0.4) is 0 Å². The van der Waals surface area contributed by atoms with Gasteiger partial charge < -0.3 is 9.47 Å². The van der Waals surface area contributed by atoms with Crippen molar-refractivity contribution in [2.45, 2.75) is 168 Å². The van der Waals surface area contributed by atoms with E-state index >= 15 is 0 Å². The summed E-state index contributed by atoms with van der Waals surface area (Å²) < 4.78 is 11.6. The van der Waals surface area contributed by atoms with E-state index in [1.807, 2.05) is 0 Å². The minimum absolute atomic E-state index is 0.0338. The summed E-state index contributed by atoms with van der Waals surface area (Å²) in [5.74, 6) is 0. The van der Waals surface area contributed by atoms with Gasteiger partial charge in [0.1, 0.15) is 12.2 Å². The molecule has 0 radical (unpaired) electrons. The van der Waals surface area contributed by atoms with Gasteiger partial charge in [0.25, 0.3) is 0 Å². The second-order valence-corrected chi connectivity index (χ2v) is 9.13. The molecule has 0 saturated carbocycles. The fraction of sp³-hybridized carbons (Fsp3) is 0.963. The second kappa shape index (κ2) is 22.9. The predicted molar refractivity (Wildman–Crippen MR) is 130 cm³/mol. The lowest BCUT2D eigenvalue weighted by Crippen LogP contribution is -2.24. The lowest BCUT2D eigenvalue weighted by atomic mass is 10.0. The predicted octanol–water partition coefficient (Wildman–Crippen LogP) is 9.76. The van der Waals surface area contributed by atoms with Crippen LogP contribution < -0.4 is 0 Å². The molecule has 0 bridgehead atoms. The van der Waals surface area contributed by atoms with Crippen molar-refractivity contribution in [2.24, 2.45) is 0 Å². The topological polar surface area (TPSA) is 35.5 Å². The molecule has 0 aliphatic rings. The molecule has 0 amide bonds. The summed E-state index contributed by atoms with van der Waals surface area (Å²) in [5.41, 5.74) is 0. The largest absolute Gasteiger partial charge is 0.508 e. The van der Waals surface area contributed by atoms with Gasteiger partial charge in [0.05, 0.1) is 0 Å². The van der Waals surface area contributed by atoms with Crippen LogP contribution in [0, 0.1) is 0 Å². The monoisotopic (exact) mass is 426 g/mol. The zero-order valence-electron chi connectivity index (χ0n) is 21.0. The first-order chi connectivity index (χ1) is 14.7. The lowest BCUT2D eigenvalue weighted by Gasteiger charge is -2.21. The Bertz CT molecular complexity index is 324. The highest BCUT2D eigenvalue weighted by atomic mass is 16.7. The molecule has 3 nitrogen and oxygen atoms in total. The molecule has 0 fully saturated rings. The maximum atomic E-state index is 12.6. The van der Waals surface area contributed by atoms with E-state index in [1.54, 1.807) is 0 Å². The molecule has 0 aromatic heterocycles. The Morgan fingerprint density at radius 2 is 0.733 bits per heavy atom. The molecule has 0 spiro atoms. The Labute approximate surface area is 189 Å². The van der Waals surface area contributed by atoms with Gasteiger partial charge in [-0.2, -0.15) is 0 Å². The van der Waals surface area contributed by atoms with Crippen molar-refractivity contribution in [3.8, 4) is 0 Å². The molecule has 0 saturated heterocycles. The molecule has 0 heterocycles. The highest BCUT2D eigenvalue weighted by molar-refractivity contribution is 5.60. The second-order valence-electron chi connectivity index (χ2n) is 9.13. The van der Waals surface area contributed by atoms with E-state index in [0.717, 1.165) is 51.4 Å². The summed E-state index contributed by atoms with van der Waals surface area (Å²) in [6.45, 7) is 8.92. The van der Waals surface area contributed by atoms with Gasteiger partial charge in [0.15, 0.2) is 0 Å². The summed E-state index contributed by atoms with van der Waals surface area (Å²) in [6, 6.07) is 0. The van der Waals surface area contributed by atoms with Gasteiger partial charge in [-0.05, 0) is 51.4 Å². The Kier molecular flexibility index (Phi) is 22.4. The highest BCUT2D eigenvalue weighted by Gasteiger charge is 2.19. The van der Waals surface area contributed by atoms with E-state index in [1.165, 1.54) is 77.0 Å². The van der Waals surface area contributed by atoms with Crippen LogP contribution in [-0.2, 0) is 9.47 Å². The van der Waals surface area contributed by atoms with Crippen molar-refractivity contribution in [3.63, 3.8) is 0 Å². The van der Waals surface area contributed by atoms with Crippen molar-refractivity contribution >= 4 is 6.16 Å². The van der Waals surface area contributed by atoms with Gasteiger partial charge in [0, 0.05) is 0 Å². The van der Waals surface area contributed by atoms with Crippen LogP contribution in [0.4, 0.5) is 4.79 Å². The number of hydrogen-bond acceptors (Lipinski definition) is 3. The van der Waals surface area contributed by atoms with Crippen molar-refractivity contribution in [1.82, 2.24) is 0 Å². The fourth-order valence-corrected chi connectivity index (χ4v) is 4.02. The molecule has 180 valence electrons. The van der Waals surface area contributed by atoms with Gasteiger partial charge in [-0.15, -0.1) is 0 Å². The molecule has 2 atom stereocenters. The van der Waals surface area contributed by atoms with E-state index in [2.05, 4.69) is 27.7 Å². The number of ether oxygens (including phenoxy) is 2. The number of rotatable bonds is 22. The van der Waals surface area contributed by atoms with Gasteiger partial charge in [-0.3, -0.25) is 0 Å². The molecule has 0 aliphatic carbocycles. The third-order valence-corrected chi connectivity index (χ3v) is 6.04. The first kappa shape index (κ1) is 29.3. The van der Waals surface area contributed by atoms with Crippen LogP contribution in [-0.4, -0.2) is 18.4 Å². The van der Waals surface area contributed by atoms with Crippen LogP contribution in [0.2, 0.25) is 0 Å². The van der Waals surface area contributed by atoms with Crippen LogP contribution in [0.15, 0.2) is 0 Å². The molecule has 0 rings (SSSR count). The van der Waals surface area contributed by atoms with Crippen molar-refractivity contribution in [1.29, 1.82) is 0 Å².